The van der Waals surface area contributed by atoms with E-state index in [2.05, 4.69) is 0 Å². The van der Waals surface area contributed by atoms with Crippen LogP contribution in [0.2, 0.25) is 0 Å². The fourth-order valence-corrected chi connectivity index (χ4v) is 2.96. The van der Waals surface area contributed by atoms with Gasteiger partial charge in [0.15, 0.2) is 0 Å². The Morgan fingerprint density at radius 2 is 1.56 bits per heavy atom. The average Bonchev–Trinajstić information content (AvgIpc) is 2.29. The third-order valence-electron chi connectivity index (χ3n) is 2.79. The summed E-state index contributed by atoms with van der Waals surface area (Å²) in [5.74, 6) is 0. The zero-order valence-corrected chi connectivity index (χ0v) is 12.2. The van der Waals surface area contributed by atoms with Crippen LogP contribution in [0.15, 0.2) is 29.2 Å². The zero-order valence-electron chi connectivity index (χ0n) is 11.3. The summed E-state index contributed by atoms with van der Waals surface area (Å²) < 4.78 is 29.5. The van der Waals surface area contributed by atoms with Crippen LogP contribution in [0.5, 0.6) is 0 Å². The van der Waals surface area contributed by atoms with Gasteiger partial charge in [0.2, 0.25) is 0 Å². The van der Waals surface area contributed by atoms with Crippen LogP contribution in [-0.4, -0.2) is 14.5 Å². The first-order valence-electron chi connectivity index (χ1n) is 6.49. The lowest BCUT2D eigenvalue weighted by atomic mass is 10.1. The van der Waals surface area contributed by atoms with Crippen molar-refractivity contribution in [1.29, 1.82) is 0 Å². The molecule has 102 valence electrons. The van der Waals surface area contributed by atoms with E-state index in [1.807, 2.05) is 20.8 Å². The Morgan fingerprint density at radius 3 is 2.00 bits per heavy atom. The topological polar surface area (TPSA) is 43.4 Å². The molecular formula is C14H22O3S. The van der Waals surface area contributed by atoms with E-state index in [0.29, 0.717) is 0 Å². The van der Waals surface area contributed by atoms with E-state index in [0.717, 1.165) is 31.2 Å². The second-order valence-corrected chi connectivity index (χ2v) is 6.13. The average molecular weight is 270 g/mol. The van der Waals surface area contributed by atoms with Crippen molar-refractivity contribution in [2.75, 3.05) is 0 Å². The van der Waals surface area contributed by atoms with Gasteiger partial charge in [0.05, 0.1) is 11.0 Å². The number of aryl methyl sites for hydroxylation is 1. The Hall–Kier alpha value is -0.870. The third kappa shape index (κ3) is 4.42. The Labute approximate surface area is 110 Å². The summed E-state index contributed by atoms with van der Waals surface area (Å²) in [5.41, 5.74) is 1.03. The first-order valence-corrected chi connectivity index (χ1v) is 7.90. The molecule has 0 N–H and O–H groups in total. The summed E-state index contributed by atoms with van der Waals surface area (Å²) >= 11 is 0. The highest BCUT2D eigenvalue weighted by atomic mass is 32.2. The molecule has 0 aliphatic rings. The highest BCUT2D eigenvalue weighted by Crippen LogP contribution is 2.19. The van der Waals surface area contributed by atoms with Gasteiger partial charge in [-0.25, -0.2) is 0 Å². The van der Waals surface area contributed by atoms with Crippen LogP contribution in [-0.2, 0) is 14.3 Å². The number of hydrogen-bond donors (Lipinski definition) is 0. The normalized spacial score (nSPS) is 12.0. The van der Waals surface area contributed by atoms with Crippen LogP contribution in [0.3, 0.4) is 0 Å². The van der Waals surface area contributed by atoms with E-state index in [9.17, 15) is 8.42 Å². The summed E-state index contributed by atoms with van der Waals surface area (Å²) in [4.78, 5) is 0.241. The second-order valence-electron chi connectivity index (χ2n) is 4.56. The minimum Gasteiger partial charge on any atom is -0.263 e. The molecule has 0 unspecified atom stereocenters. The van der Waals surface area contributed by atoms with Crippen molar-refractivity contribution in [3.8, 4) is 0 Å². The molecule has 0 atom stereocenters. The van der Waals surface area contributed by atoms with Crippen molar-refractivity contribution in [3.63, 3.8) is 0 Å². The van der Waals surface area contributed by atoms with Gasteiger partial charge in [-0.3, -0.25) is 4.18 Å². The number of benzene rings is 1. The minimum absolute atomic E-state index is 0.202. The molecule has 0 saturated carbocycles. The molecule has 0 aliphatic heterocycles. The van der Waals surface area contributed by atoms with Crippen LogP contribution in [0.1, 0.15) is 45.1 Å². The summed E-state index contributed by atoms with van der Waals surface area (Å²) in [6.45, 7) is 5.99. The third-order valence-corrected chi connectivity index (χ3v) is 4.17. The van der Waals surface area contributed by atoms with Crippen LogP contribution in [0.4, 0.5) is 0 Å². The molecule has 0 fully saturated rings. The second kappa shape index (κ2) is 6.90. The Balaban J connectivity index is 2.82. The van der Waals surface area contributed by atoms with Crippen LogP contribution < -0.4 is 0 Å². The molecule has 0 heterocycles. The molecule has 0 aromatic heterocycles. The highest BCUT2D eigenvalue weighted by Gasteiger charge is 2.20. The summed E-state index contributed by atoms with van der Waals surface area (Å²) in [6.07, 6.45) is 3.20. The predicted molar refractivity (Wildman–Crippen MR) is 73.1 cm³/mol. The maximum Gasteiger partial charge on any atom is 0.297 e. The summed E-state index contributed by atoms with van der Waals surface area (Å²) in [5, 5.41) is 0. The smallest absolute Gasteiger partial charge is 0.263 e. The molecule has 0 spiro atoms. The van der Waals surface area contributed by atoms with E-state index in [1.54, 1.807) is 24.3 Å². The largest absolute Gasteiger partial charge is 0.297 e. The molecule has 0 saturated heterocycles. The standard InChI is InChI=1S/C14H22O3S/c1-4-6-13(7-5-2)17-18(15,16)14-10-8-12(3)9-11-14/h8-11,13H,4-7H2,1-3H3. The molecule has 0 radical (unpaired) electrons. The molecule has 4 heteroatoms. The fourth-order valence-electron chi connectivity index (χ4n) is 1.82. The first kappa shape index (κ1) is 15.2. The van der Waals surface area contributed by atoms with Crippen LogP contribution >= 0.6 is 0 Å². The molecule has 1 aromatic rings. The van der Waals surface area contributed by atoms with Crippen molar-refractivity contribution in [1.82, 2.24) is 0 Å². The van der Waals surface area contributed by atoms with Gasteiger partial charge in [0.1, 0.15) is 0 Å². The van der Waals surface area contributed by atoms with Crippen molar-refractivity contribution < 1.29 is 12.6 Å². The van der Waals surface area contributed by atoms with Gasteiger partial charge in [0, 0.05) is 0 Å². The lowest BCUT2D eigenvalue weighted by Crippen LogP contribution is -2.18. The maximum atomic E-state index is 12.1. The van der Waals surface area contributed by atoms with Crippen molar-refractivity contribution in [3.05, 3.63) is 29.8 Å². The molecule has 3 nitrogen and oxygen atoms in total. The molecule has 0 aliphatic carbocycles. The summed E-state index contributed by atoms with van der Waals surface area (Å²) in [7, 11) is -3.62. The van der Waals surface area contributed by atoms with Crippen molar-refractivity contribution in [2.45, 2.75) is 57.5 Å². The Bertz CT molecular complexity index is 442. The minimum atomic E-state index is -3.62. The Kier molecular flexibility index (Phi) is 5.82. The molecule has 1 aromatic carbocycles. The Morgan fingerprint density at radius 1 is 1.06 bits per heavy atom. The molecule has 0 amide bonds. The zero-order chi connectivity index (χ0) is 13.6. The maximum absolute atomic E-state index is 12.1. The van der Waals surface area contributed by atoms with Gasteiger partial charge >= 0.3 is 0 Å². The van der Waals surface area contributed by atoms with Gasteiger partial charge in [-0.1, -0.05) is 44.4 Å². The SMILES string of the molecule is CCCC(CCC)OS(=O)(=O)c1ccc(C)cc1. The van der Waals surface area contributed by atoms with Crippen molar-refractivity contribution >= 4 is 10.1 Å². The van der Waals surface area contributed by atoms with Gasteiger partial charge in [-0.15, -0.1) is 0 Å². The summed E-state index contributed by atoms with van der Waals surface area (Å²) in [6, 6.07) is 6.76. The van der Waals surface area contributed by atoms with Crippen LogP contribution in [0, 0.1) is 6.92 Å². The fraction of sp³-hybridized carbons (Fsp3) is 0.571. The number of hydrogen-bond acceptors (Lipinski definition) is 3. The van der Waals surface area contributed by atoms with E-state index >= 15 is 0 Å². The van der Waals surface area contributed by atoms with Gasteiger partial charge in [-0.05, 0) is 31.9 Å². The molecular weight excluding hydrogens is 248 g/mol. The van der Waals surface area contributed by atoms with Gasteiger partial charge < -0.3 is 0 Å². The lowest BCUT2D eigenvalue weighted by Gasteiger charge is -2.16. The molecule has 1 rings (SSSR count). The van der Waals surface area contributed by atoms with Crippen molar-refractivity contribution in [2.24, 2.45) is 0 Å². The van der Waals surface area contributed by atoms with E-state index in [-0.39, 0.29) is 11.0 Å². The number of rotatable bonds is 7. The van der Waals surface area contributed by atoms with Gasteiger partial charge in [-0.2, -0.15) is 8.42 Å². The van der Waals surface area contributed by atoms with E-state index < -0.39 is 10.1 Å². The molecule has 18 heavy (non-hydrogen) atoms. The highest BCUT2D eigenvalue weighted by molar-refractivity contribution is 7.86. The van der Waals surface area contributed by atoms with E-state index in [4.69, 9.17) is 4.18 Å². The monoisotopic (exact) mass is 270 g/mol. The first-order chi connectivity index (χ1) is 8.49. The van der Waals surface area contributed by atoms with E-state index in [1.165, 1.54) is 0 Å². The quantitative estimate of drug-likeness (QED) is 0.710. The predicted octanol–water partition coefficient (Wildman–Crippen LogP) is 3.67. The molecule has 0 bridgehead atoms. The van der Waals surface area contributed by atoms with Crippen LogP contribution in [0.25, 0.3) is 0 Å². The lowest BCUT2D eigenvalue weighted by molar-refractivity contribution is 0.186. The van der Waals surface area contributed by atoms with Gasteiger partial charge in [0.25, 0.3) is 10.1 Å².